The Balaban J connectivity index is 2.15. The maximum absolute atomic E-state index is 9.33. The summed E-state index contributed by atoms with van der Waals surface area (Å²) < 4.78 is 11.8. The number of methoxy groups -OCH3 is 1. The zero-order valence-corrected chi connectivity index (χ0v) is 13.1. The highest BCUT2D eigenvalue weighted by atomic mass is 79.9. The van der Waals surface area contributed by atoms with E-state index >= 15 is 0 Å². The minimum atomic E-state index is -0.0918. The minimum absolute atomic E-state index is 0.0918. The van der Waals surface area contributed by atoms with Gasteiger partial charge in [-0.3, -0.25) is 0 Å². The van der Waals surface area contributed by atoms with Gasteiger partial charge in [0.1, 0.15) is 24.2 Å². The molecule has 0 saturated heterocycles. The van der Waals surface area contributed by atoms with Crippen molar-refractivity contribution in [3.63, 3.8) is 0 Å². The van der Waals surface area contributed by atoms with Crippen LogP contribution in [-0.2, 0) is 13.2 Å². The number of aliphatic hydroxyl groups is 1. The zero-order valence-electron chi connectivity index (χ0n) is 11.5. The molecule has 2 aromatic rings. The molecule has 0 heterocycles. The number of nitriles is 1. The third kappa shape index (κ3) is 3.75. The Hall–Kier alpha value is -2.03. The number of benzene rings is 2. The molecular weight excluding hydrogens is 334 g/mol. The van der Waals surface area contributed by atoms with Crippen LogP contribution in [0.25, 0.3) is 0 Å². The van der Waals surface area contributed by atoms with Crippen LogP contribution in [0.15, 0.2) is 40.9 Å². The SMILES string of the molecule is COc1cc(COc2ccc(Br)cc2CO)ccc1C#N. The third-order valence-corrected chi connectivity index (χ3v) is 3.47. The van der Waals surface area contributed by atoms with Crippen LogP contribution >= 0.6 is 15.9 Å². The van der Waals surface area contributed by atoms with Crippen molar-refractivity contribution in [3.05, 3.63) is 57.6 Å². The van der Waals surface area contributed by atoms with Gasteiger partial charge in [0.15, 0.2) is 0 Å². The molecule has 0 atom stereocenters. The largest absolute Gasteiger partial charge is 0.495 e. The Morgan fingerprint density at radius 3 is 2.67 bits per heavy atom. The van der Waals surface area contributed by atoms with Gasteiger partial charge >= 0.3 is 0 Å². The molecule has 0 radical (unpaired) electrons. The first kappa shape index (κ1) is 15.4. The van der Waals surface area contributed by atoms with Crippen molar-refractivity contribution in [2.24, 2.45) is 0 Å². The molecule has 0 spiro atoms. The molecule has 0 saturated carbocycles. The van der Waals surface area contributed by atoms with Gasteiger partial charge in [-0.1, -0.05) is 22.0 Å². The second-order valence-corrected chi connectivity index (χ2v) is 5.26. The molecule has 4 nitrogen and oxygen atoms in total. The molecule has 108 valence electrons. The summed E-state index contributed by atoms with van der Waals surface area (Å²) >= 11 is 3.35. The van der Waals surface area contributed by atoms with Gasteiger partial charge in [-0.15, -0.1) is 0 Å². The highest BCUT2D eigenvalue weighted by Crippen LogP contribution is 2.25. The van der Waals surface area contributed by atoms with E-state index in [1.165, 1.54) is 7.11 Å². The van der Waals surface area contributed by atoms with E-state index in [0.29, 0.717) is 29.2 Å². The Kier molecular flexibility index (Phi) is 5.20. The summed E-state index contributed by atoms with van der Waals surface area (Å²) in [6.45, 7) is 0.238. The third-order valence-electron chi connectivity index (χ3n) is 2.97. The molecule has 0 aromatic heterocycles. The summed E-state index contributed by atoms with van der Waals surface area (Å²) in [6.07, 6.45) is 0. The molecule has 0 unspecified atom stereocenters. The monoisotopic (exact) mass is 347 g/mol. The number of halogens is 1. The first-order valence-corrected chi connectivity index (χ1v) is 7.06. The Bertz CT molecular complexity index is 680. The number of rotatable bonds is 5. The topological polar surface area (TPSA) is 62.5 Å². The smallest absolute Gasteiger partial charge is 0.137 e. The Labute approximate surface area is 131 Å². The van der Waals surface area contributed by atoms with Gasteiger partial charge in [0.2, 0.25) is 0 Å². The first-order chi connectivity index (χ1) is 10.2. The predicted molar refractivity (Wildman–Crippen MR) is 82.1 cm³/mol. The van der Waals surface area contributed by atoms with Crippen LogP contribution in [0.5, 0.6) is 11.5 Å². The highest BCUT2D eigenvalue weighted by Gasteiger charge is 2.07. The molecule has 2 aromatic carbocycles. The van der Waals surface area contributed by atoms with E-state index in [1.54, 1.807) is 18.2 Å². The number of nitrogens with zero attached hydrogens (tertiary/aromatic N) is 1. The highest BCUT2D eigenvalue weighted by molar-refractivity contribution is 9.10. The lowest BCUT2D eigenvalue weighted by Gasteiger charge is -2.11. The molecule has 0 fully saturated rings. The van der Waals surface area contributed by atoms with Crippen LogP contribution in [0.1, 0.15) is 16.7 Å². The summed E-state index contributed by atoms with van der Waals surface area (Å²) in [5.74, 6) is 1.15. The summed E-state index contributed by atoms with van der Waals surface area (Å²) in [5.41, 5.74) is 2.09. The summed E-state index contributed by atoms with van der Waals surface area (Å²) in [6, 6.07) is 12.8. The maximum Gasteiger partial charge on any atom is 0.137 e. The number of ether oxygens (including phenoxy) is 2. The van der Waals surface area contributed by atoms with Gasteiger partial charge in [0, 0.05) is 10.0 Å². The standard InChI is InChI=1S/C16H14BrNO3/c1-20-16-6-11(2-3-12(16)8-18)10-21-15-5-4-14(17)7-13(15)9-19/h2-7,19H,9-10H2,1H3. The van der Waals surface area contributed by atoms with Gasteiger partial charge in [-0.05, 0) is 35.9 Å². The quantitative estimate of drug-likeness (QED) is 0.900. The molecule has 0 aliphatic heterocycles. The summed E-state index contributed by atoms with van der Waals surface area (Å²) in [7, 11) is 1.53. The number of hydrogen-bond donors (Lipinski definition) is 1. The van der Waals surface area contributed by atoms with Crippen LogP contribution in [-0.4, -0.2) is 12.2 Å². The molecular formula is C16H14BrNO3. The van der Waals surface area contributed by atoms with E-state index in [2.05, 4.69) is 22.0 Å². The van der Waals surface area contributed by atoms with Crippen molar-refractivity contribution in [2.75, 3.05) is 7.11 Å². The van der Waals surface area contributed by atoms with Crippen LogP contribution in [0.4, 0.5) is 0 Å². The molecule has 0 amide bonds. The number of aliphatic hydroxyl groups excluding tert-OH is 1. The van der Waals surface area contributed by atoms with E-state index in [1.807, 2.05) is 18.2 Å². The van der Waals surface area contributed by atoms with Crippen molar-refractivity contribution >= 4 is 15.9 Å². The van der Waals surface area contributed by atoms with E-state index in [9.17, 15) is 5.11 Å². The van der Waals surface area contributed by atoms with Crippen molar-refractivity contribution in [1.29, 1.82) is 5.26 Å². The van der Waals surface area contributed by atoms with Crippen molar-refractivity contribution in [3.8, 4) is 17.6 Å². The van der Waals surface area contributed by atoms with E-state index in [4.69, 9.17) is 14.7 Å². The van der Waals surface area contributed by atoms with Crippen LogP contribution in [0.3, 0.4) is 0 Å². The second kappa shape index (κ2) is 7.11. The van der Waals surface area contributed by atoms with Gasteiger partial charge < -0.3 is 14.6 Å². The van der Waals surface area contributed by atoms with E-state index < -0.39 is 0 Å². The number of hydrogen-bond acceptors (Lipinski definition) is 4. The fourth-order valence-corrected chi connectivity index (χ4v) is 2.30. The minimum Gasteiger partial charge on any atom is -0.495 e. The Morgan fingerprint density at radius 2 is 2.00 bits per heavy atom. The Morgan fingerprint density at radius 1 is 1.19 bits per heavy atom. The zero-order chi connectivity index (χ0) is 15.2. The van der Waals surface area contributed by atoms with Crippen LogP contribution in [0.2, 0.25) is 0 Å². The molecule has 5 heteroatoms. The maximum atomic E-state index is 9.33. The average Bonchev–Trinajstić information content (AvgIpc) is 2.53. The fraction of sp³-hybridized carbons (Fsp3) is 0.188. The lowest BCUT2D eigenvalue weighted by Crippen LogP contribution is -2.00. The normalized spacial score (nSPS) is 10.0. The lowest BCUT2D eigenvalue weighted by molar-refractivity contribution is 0.258. The average molecular weight is 348 g/mol. The van der Waals surface area contributed by atoms with E-state index in [-0.39, 0.29) is 6.61 Å². The van der Waals surface area contributed by atoms with Gasteiger partial charge in [0.05, 0.1) is 19.3 Å². The molecule has 2 rings (SSSR count). The fourth-order valence-electron chi connectivity index (χ4n) is 1.89. The van der Waals surface area contributed by atoms with Crippen molar-refractivity contribution in [1.82, 2.24) is 0 Å². The van der Waals surface area contributed by atoms with Gasteiger partial charge in [-0.2, -0.15) is 5.26 Å². The van der Waals surface area contributed by atoms with Gasteiger partial charge in [-0.25, -0.2) is 0 Å². The molecule has 0 aliphatic rings. The van der Waals surface area contributed by atoms with Crippen molar-refractivity contribution in [2.45, 2.75) is 13.2 Å². The summed E-state index contributed by atoms with van der Waals surface area (Å²) in [4.78, 5) is 0. The van der Waals surface area contributed by atoms with Gasteiger partial charge in [0.25, 0.3) is 0 Å². The van der Waals surface area contributed by atoms with Crippen LogP contribution in [0, 0.1) is 11.3 Å². The predicted octanol–water partition coefficient (Wildman–Crippen LogP) is 3.40. The van der Waals surface area contributed by atoms with Crippen molar-refractivity contribution < 1.29 is 14.6 Å². The molecule has 21 heavy (non-hydrogen) atoms. The lowest BCUT2D eigenvalue weighted by atomic mass is 10.1. The first-order valence-electron chi connectivity index (χ1n) is 6.27. The molecule has 0 bridgehead atoms. The second-order valence-electron chi connectivity index (χ2n) is 4.35. The van der Waals surface area contributed by atoms with E-state index in [0.717, 1.165) is 10.0 Å². The summed E-state index contributed by atoms with van der Waals surface area (Å²) in [5, 5.41) is 18.3. The van der Waals surface area contributed by atoms with Crippen LogP contribution < -0.4 is 9.47 Å². The molecule has 1 N–H and O–H groups in total. The molecule has 0 aliphatic carbocycles.